The quantitative estimate of drug-likeness (QED) is 0.758. The molecule has 0 amide bonds. The van der Waals surface area contributed by atoms with Gasteiger partial charge in [-0.1, -0.05) is 11.6 Å². The summed E-state index contributed by atoms with van der Waals surface area (Å²) in [5, 5.41) is 2.43. The van der Waals surface area contributed by atoms with E-state index < -0.39 is 11.6 Å². The van der Waals surface area contributed by atoms with Crippen LogP contribution >= 0.6 is 11.6 Å². The first-order valence-corrected chi connectivity index (χ1v) is 5.95. The maximum atomic E-state index is 14.0. The molecule has 7 heteroatoms. The SMILES string of the molecule is COc1ccc(Nc2c(N)cc(N)c(Cl)c2F)cc1F. The van der Waals surface area contributed by atoms with Gasteiger partial charge in [0, 0.05) is 11.8 Å². The van der Waals surface area contributed by atoms with Gasteiger partial charge in [-0.15, -0.1) is 0 Å². The molecule has 2 aromatic carbocycles. The third-order valence-electron chi connectivity index (χ3n) is 2.69. The molecule has 0 radical (unpaired) electrons. The van der Waals surface area contributed by atoms with Crippen molar-refractivity contribution in [3.05, 3.63) is 40.9 Å². The Morgan fingerprint density at radius 1 is 1.15 bits per heavy atom. The smallest absolute Gasteiger partial charge is 0.169 e. The standard InChI is InChI=1S/C13H12ClF2N3O/c1-20-10-3-2-6(4-7(10)15)19-13-9(18)5-8(17)11(14)12(13)16/h2-5,19H,17-18H2,1H3. The molecule has 2 aromatic rings. The minimum atomic E-state index is -0.791. The number of nitrogen functional groups attached to an aromatic ring is 2. The molecule has 0 aliphatic carbocycles. The summed E-state index contributed by atoms with van der Waals surface area (Å²) >= 11 is 5.71. The molecule has 106 valence electrons. The number of benzene rings is 2. The lowest BCUT2D eigenvalue weighted by molar-refractivity contribution is 0.386. The summed E-state index contributed by atoms with van der Waals surface area (Å²) in [5.74, 6) is -1.29. The third kappa shape index (κ3) is 2.55. The maximum Gasteiger partial charge on any atom is 0.169 e. The molecule has 0 bridgehead atoms. The molecule has 4 nitrogen and oxygen atoms in total. The lowest BCUT2D eigenvalue weighted by Gasteiger charge is -2.13. The van der Waals surface area contributed by atoms with Gasteiger partial charge < -0.3 is 21.5 Å². The summed E-state index contributed by atoms with van der Waals surface area (Å²) in [6.07, 6.45) is 0. The molecule has 2 rings (SSSR count). The number of methoxy groups -OCH3 is 1. The van der Waals surface area contributed by atoms with Crippen molar-refractivity contribution in [1.29, 1.82) is 0 Å². The second-order valence-electron chi connectivity index (χ2n) is 4.03. The zero-order valence-electron chi connectivity index (χ0n) is 10.5. The minimum Gasteiger partial charge on any atom is -0.494 e. The van der Waals surface area contributed by atoms with Crippen molar-refractivity contribution >= 4 is 34.4 Å². The first-order chi connectivity index (χ1) is 9.43. The molecule has 5 N–H and O–H groups in total. The molecular formula is C13H12ClF2N3O. The van der Waals surface area contributed by atoms with Crippen LogP contribution in [0.1, 0.15) is 0 Å². The highest BCUT2D eigenvalue weighted by atomic mass is 35.5. The molecular weight excluding hydrogens is 288 g/mol. The Balaban J connectivity index is 2.40. The van der Waals surface area contributed by atoms with Gasteiger partial charge in [0.05, 0.1) is 24.2 Å². The first-order valence-electron chi connectivity index (χ1n) is 5.57. The molecule has 0 aliphatic rings. The fourth-order valence-corrected chi connectivity index (χ4v) is 1.83. The van der Waals surface area contributed by atoms with Crippen LogP contribution in [0.15, 0.2) is 24.3 Å². The largest absolute Gasteiger partial charge is 0.494 e. The molecule has 0 unspecified atom stereocenters. The predicted octanol–water partition coefficient (Wildman–Crippen LogP) is 3.53. The molecule has 0 atom stereocenters. The van der Waals surface area contributed by atoms with E-state index in [2.05, 4.69) is 5.32 Å². The number of nitrogens with one attached hydrogen (secondary N) is 1. The zero-order chi connectivity index (χ0) is 14.9. The Hall–Kier alpha value is -2.21. The van der Waals surface area contributed by atoms with Crippen molar-refractivity contribution < 1.29 is 13.5 Å². The number of rotatable bonds is 3. The van der Waals surface area contributed by atoms with E-state index in [-0.39, 0.29) is 27.8 Å². The Kier molecular flexibility index (Phi) is 3.85. The fourth-order valence-electron chi connectivity index (χ4n) is 1.68. The van der Waals surface area contributed by atoms with Crippen LogP contribution in [0.4, 0.5) is 31.5 Å². The van der Waals surface area contributed by atoms with E-state index in [9.17, 15) is 8.78 Å². The fraction of sp³-hybridized carbons (Fsp3) is 0.0769. The van der Waals surface area contributed by atoms with E-state index in [0.717, 1.165) is 6.07 Å². The molecule has 0 aromatic heterocycles. The van der Waals surface area contributed by atoms with E-state index in [0.29, 0.717) is 5.69 Å². The molecule has 0 fully saturated rings. The Bertz CT molecular complexity index is 665. The zero-order valence-corrected chi connectivity index (χ0v) is 11.3. The highest BCUT2D eigenvalue weighted by Crippen LogP contribution is 2.35. The Labute approximate surface area is 119 Å². The van der Waals surface area contributed by atoms with Gasteiger partial charge in [-0.05, 0) is 18.2 Å². The van der Waals surface area contributed by atoms with Gasteiger partial charge in [0.1, 0.15) is 5.02 Å². The molecule has 20 heavy (non-hydrogen) atoms. The van der Waals surface area contributed by atoms with Crippen LogP contribution in [-0.2, 0) is 0 Å². The van der Waals surface area contributed by atoms with E-state index >= 15 is 0 Å². The van der Waals surface area contributed by atoms with Gasteiger partial charge in [-0.3, -0.25) is 0 Å². The number of nitrogens with two attached hydrogens (primary N) is 2. The first kappa shape index (κ1) is 14.2. The molecule has 0 saturated heterocycles. The second-order valence-corrected chi connectivity index (χ2v) is 4.41. The number of hydrogen-bond acceptors (Lipinski definition) is 4. The normalized spacial score (nSPS) is 10.4. The van der Waals surface area contributed by atoms with E-state index in [1.807, 2.05) is 0 Å². The van der Waals surface area contributed by atoms with Gasteiger partial charge in [0.25, 0.3) is 0 Å². The molecule has 0 saturated carbocycles. The highest BCUT2D eigenvalue weighted by molar-refractivity contribution is 6.33. The van der Waals surface area contributed by atoms with E-state index in [1.165, 1.54) is 25.3 Å². The van der Waals surface area contributed by atoms with Crippen LogP contribution in [0.2, 0.25) is 5.02 Å². The van der Waals surface area contributed by atoms with Crippen molar-refractivity contribution in [3.8, 4) is 5.75 Å². The number of hydrogen-bond donors (Lipinski definition) is 3. The van der Waals surface area contributed by atoms with Crippen LogP contribution < -0.4 is 21.5 Å². The van der Waals surface area contributed by atoms with Crippen LogP contribution in [0.5, 0.6) is 5.75 Å². The topological polar surface area (TPSA) is 73.3 Å². The maximum absolute atomic E-state index is 14.0. The van der Waals surface area contributed by atoms with Crippen molar-refractivity contribution in [2.24, 2.45) is 0 Å². The van der Waals surface area contributed by atoms with Crippen LogP contribution in [0.3, 0.4) is 0 Å². The molecule has 0 heterocycles. The summed E-state index contributed by atoms with van der Waals surface area (Å²) in [5.41, 5.74) is 11.5. The molecule has 0 aliphatic heterocycles. The number of anilines is 4. The third-order valence-corrected chi connectivity index (χ3v) is 3.07. The predicted molar refractivity (Wildman–Crippen MR) is 76.5 cm³/mol. The van der Waals surface area contributed by atoms with Crippen LogP contribution in [0, 0.1) is 11.6 Å². The highest BCUT2D eigenvalue weighted by Gasteiger charge is 2.15. The van der Waals surface area contributed by atoms with Crippen molar-refractivity contribution in [2.45, 2.75) is 0 Å². The summed E-state index contributed by atoms with van der Waals surface area (Å²) in [4.78, 5) is 0. The minimum absolute atomic E-state index is 0.0353. The van der Waals surface area contributed by atoms with Gasteiger partial charge in [-0.25, -0.2) is 8.78 Å². The average Bonchev–Trinajstić information content (AvgIpc) is 2.41. The monoisotopic (exact) mass is 299 g/mol. The van der Waals surface area contributed by atoms with E-state index in [4.69, 9.17) is 27.8 Å². The summed E-state index contributed by atoms with van der Waals surface area (Å²) in [7, 11) is 1.35. The van der Waals surface area contributed by atoms with E-state index in [1.54, 1.807) is 0 Å². The van der Waals surface area contributed by atoms with Gasteiger partial charge in [-0.2, -0.15) is 0 Å². The van der Waals surface area contributed by atoms with Crippen molar-refractivity contribution in [1.82, 2.24) is 0 Å². The number of ether oxygens (including phenoxy) is 1. The van der Waals surface area contributed by atoms with Crippen LogP contribution in [0.25, 0.3) is 0 Å². The Morgan fingerprint density at radius 2 is 1.85 bits per heavy atom. The lowest BCUT2D eigenvalue weighted by Crippen LogP contribution is -2.03. The Morgan fingerprint density at radius 3 is 2.45 bits per heavy atom. The average molecular weight is 300 g/mol. The summed E-state index contributed by atoms with van der Waals surface area (Å²) < 4.78 is 32.3. The number of halogens is 3. The summed E-state index contributed by atoms with van der Waals surface area (Å²) in [6.45, 7) is 0. The lowest BCUT2D eigenvalue weighted by atomic mass is 10.2. The van der Waals surface area contributed by atoms with Crippen molar-refractivity contribution in [3.63, 3.8) is 0 Å². The van der Waals surface area contributed by atoms with Crippen molar-refractivity contribution in [2.75, 3.05) is 23.9 Å². The van der Waals surface area contributed by atoms with Gasteiger partial charge in [0.2, 0.25) is 0 Å². The van der Waals surface area contributed by atoms with Crippen LogP contribution in [-0.4, -0.2) is 7.11 Å². The van der Waals surface area contributed by atoms with Gasteiger partial charge in [0.15, 0.2) is 17.4 Å². The van der Waals surface area contributed by atoms with Gasteiger partial charge >= 0.3 is 0 Å². The molecule has 0 spiro atoms. The second kappa shape index (κ2) is 5.42. The summed E-state index contributed by atoms with van der Waals surface area (Å²) in [6, 6.07) is 5.41.